The molecule has 0 saturated carbocycles. The number of hydrogen-bond acceptors (Lipinski definition) is 5. The highest BCUT2D eigenvalue weighted by Crippen LogP contribution is 2.61. The summed E-state index contributed by atoms with van der Waals surface area (Å²) in [5, 5.41) is 10.1. The van der Waals surface area contributed by atoms with Crippen molar-refractivity contribution in [3.8, 4) is 0 Å². The van der Waals surface area contributed by atoms with Crippen molar-refractivity contribution in [2.75, 3.05) is 24.6 Å². The first-order chi connectivity index (χ1) is 19.0. The van der Waals surface area contributed by atoms with Crippen molar-refractivity contribution >= 4 is 35.2 Å². The van der Waals surface area contributed by atoms with Crippen LogP contribution in [0.25, 0.3) is 0 Å². The predicted molar refractivity (Wildman–Crippen MR) is 152 cm³/mol. The van der Waals surface area contributed by atoms with E-state index >= 15 is 0 Å². The van der Waals surface area contributed by atoms with Crippen LogP contribution in [0.5, 0.6) is 0 Å². The monoisotopic (exact) mass is 543 g/mol. The highest BCUT2D eigenvalue weighted by Gasteiger charge is 2.71. The fourth-order valence-electron chi connectivity index (χ4n) is 6.72. The Labute approximate surface area is 233 Å². The van der Waals surface area contributed by atoms with Crippen molar-refractivity contribution in [3.05, 3.63) is 90.5 Å². The van der Waals surface area contributed by atoms with E-state index in [0.717, 1.165) is 11.3 Å². The van der Waals surface area contributed by atoms with Gasteiger partial charge in [0.2, 0.25) is 17.7 Å². The molecule has 0 aromatic heterocycles. The lowest BCUT2D eigenvalue weighted by Gasteiger charge is -2.38. The molecule has 202 valence electrons. The number of fused-ring (bicyclic) bond motifs is 2. The molecule has 2 saturated heterocycles. The third-order valence-corrected chi connectivity index (χ3v) is 10.3. The summed E-state index contributed by atoms with van der Waals surface area (Å²) in [5.41, 5.74) is 1.80. The zero-order valence-electron chi connectivity index (χ0n) is 21.9. The molecule has 39 heavy (non-hydrogen) atoms. The van der Waals surface area contributed by atoms with Crippen LogP contribution in [0.1, 0.15) is 18.9 Å². The second-order valence-corrected chi connectivity index (χ2v) is 12.1. The Bertz CT molecular complexity index is 1310. The Hall–Kier alpha value is -3.36. The number of aliphatic hydroxyl groups excluding tert-OH is 1. The summed E-state index contributed by atoms with van der Waals surface area (Å²) in [5.74, 6) is -1.74. The number of anilines is 1. The van der Waals surface area contributed by atoms with Crippen LogP contribution in [0.4, 0.5) is 5.69 Å². The summed E-state index contributed by atoms with van der Waals surface area (Å²) < 4.78 is -0.892. The van der Waals surface area contributed by atoms with E-state index in [1.165, 1.54) is 0 Å². The first-order valence-corrected chi connectivity index (χ1v) is 14.5. The van der Waals surface area contributed by atoms with E-state index < -0.39 is 28.7 Å². The zero-order valence-corrected chi connectivity index (χ0v) is 22.7. The lowest BCUT2D eigenvalue weighted by Crippen LogP contribution is -2.56. The van der Waals surface area contributed by atoms with Gasteiger partial charge in [0.15, 0.2) is 0 Å². The maximum atomic E-state index is 14.4. The largest absolute Gasteiger partial charge is 0.394 e. The van der Waals surface area contributed by atoms with Crippen molar-refractivity contribution in [1.29, 1.82) is 0 Å². The van der Waals surface area contributed by atoms with Gasteiger partial charge >= 0.3 is 0 Å². The third-order valence-electron chi connectivity index (χ3n) is 8.54. The molecule has 1 unspecified atom stereocenters. The highest BCUT2D eigenvalue weighted by atomic mass is 32.2. The van der Waals surface area contributed by atoms with Gasteiger partial charge in [-0.25, -0.2) is 0 Å². The molecule has 6 atom stereocenters. The molecule has 0 aliphatic carbocycles. The molecule has 6 rings (SSSR count). The van der Waals surface area contributed by atoms with Gasteiger partial charge in [-0.2, -0.15) is 0 Å². The van der Waals surface area contributed by atoms with E-state index in [0.29, 0.717) is 26.1 Å². The van der Waals surface area contributed by atoms with E-state index in [1.54, 1.807) is 26.5 Å². The van der Waals surface area contributed by atoms with Gasteiger partial charge in [0.1, 0.15) is 6.04 Å². The molecule has 2 fully saturated rings. The first kappa shape index (κ1) is 25.9. The van der Waals surface area contributed by atoms with Crippen LogP contribution in [0.15, 0.2) is 85.0 Å². The summed E-state index contributed by atoms with van der Waals surface area (Å²) in [6.07, 6.45) is 8.59. The molecule has 0 radical (unpaired) electrons. The maximum Gasteiger partial charge on any atom is 0.247 e. The number of thioether (sulfide) groups is 1. The number of benzene rings is 2. The van der Waals surface area contributed by atoms with E-state index in [-0.39, 0.29) is 29.6 Å². The van der Waals surface area contributed by atoms with Crippen LogP contribution in [-0.4, -0.2) is 74.4 Å². The van der Waals surface area contributed by atoms with Crippen LogP contribution < -0.4 is 4.90 Å². The van der Waals surface area contributed by atoms with Crippen LogP contribution in [-0.2, 0) is 20.9 Å². The summed E-state index contributed by atoms with van der Waals surface area (Å²) in [7, 11) is 0. The number of carbonyl (C=O) groups excluding carboxylic acids is 3. The van der Waals surface area contributed by atoms with Crippen molar-refractivity contribution in [1.82, 2.24) is 9.80 Å². The van der Waals surface area contributed by atoms with Gasteiger partial charge < -0.3 is 19.8 Å². The second kappa shape index (κ2) is 10.3. The maximum absolute atomic E-state index is 14.4. The van der Waals surface area contributed by atoms with E-state index in [4.69, 9.17) is 0 Å². The minimum absolute atomic E-state index is 0.0946. The number of para-hydroxylation sites is 1. The lowest BCUT2D eigenvalue weighted by molar-refractivity contribution is -0.145. The number of nitrogens with zero attached hydrogens (tertiary/aromatic N) is 3. The topological polar surface area (TPSA) is 81.2 Å². The van der Waals surface area contributed by atoms with Gasteiger partial charge in [-0.1, -0.05) is 79.8 Å². The number of hydrogen-bond donors (Lipinski definition) is 1. The molecule has 2 aromatic rings. The Balaban J connectivity index is 1.43. The Morgan fingerprint density at radius 3 is 2.36 bits per heavy atom. The molecule has 4 heterocycles. The molecule has 1 N–H and O–H groups in total. The SMILES string of the molecule is CC[C@@H](CO)N1C(=O)[C@@H]2[C@@H]3C(=O)N(c4ccccc4)CC=C[C@@H]3S[C@@]23C=CCN(Cc2ccccc2)C(=O)C13. The molecule has 1 spiro atoms. The molecule has 4 aliphatic heterocycles. The summed E-state index contributed by atoms with van der Waals surface area (Å²) in [4.78, 5) is 48.1. The van der Waals surface area contributed by atoms with Crippen molar-refractivity contribution < 1.29 is 19.5 Å². The highest BCUT2D eigenvalue weighted by molar-refractivity contribution is 8.02. The van der Waals surface area contributed by atoms with Crippen LogP contribution in [0, 0.1) is 11.8 Å². The number of likely N-dealkylation sites (tertiary alicyclic amines) is 1. The molecule has 3 amide bonds. The van der Waals surface area contributed by atoms with E-state index in [9.17, 15) is 19.5 Å². The van der Waals surface area contributed by atoms with Gasteiger partial charge in [-0.15, -0.1) is 11.8 Å². The van der Waals surface area contributed by atoms with Crippen LogP contribution >= 0.6 is 11.8 Å². The quantitative estimate of drug-likeness (QED) is 0.566. The number of carbonyl (C=O) groups is 3. The van der Waals surface area contributed by atoms with Gasteiger partial charge in [0.25, 0.3) is 0 Å². The second-order valence-electron chi connectivity index (χ2n) is 10.7. The standard InChI is InChI=1S/C31H33N3O4S/c1-2-22(20-35)34-27-30(38)32(19-21-11-5-3-6-12-21)17-10-16-31(27)26(29(34)37)25-24(39-31)15-9-18-33(28(25)36)23-13-7-4-8-14-23/h3-16,22,24-27,35H,2,17-20H2,1H3/t22-,24-,25+,26-,27?,31-/m0/s1. The normalized spacial score (nSPS) is 30.6. The number of amides is 3. The van der Waals surface area contributed by atoms with Crippen LogP contribution in [0.3, 0.4) is 0 Å². The Morgan fingerprint density at radius 1 is 0.949 bits per heavy atom. The fourth-order valence-corrected chi connectivity index (χ4v) is 8.71. The average molecular weight is 544 g/mol. The summed E-state index contributed by atoms with van der Waals surface area (Å²) in [6, 6.07) is 18.1. The molecule has 4 aliphatic rings. The Morgan fingerprint density at radius 2 is 1.67 bits per heavy atom. The molecule has 2 aromatic carbocycles. The minimum Gasteiger partial charge on any atom is -0.394 e. The molecular formula is C31H33N3O4S. The van der Waals surface area contributed by atoms with Gasteiger partial charge in [0, 0.05) is 30.6 Å². The number of aliphatic hydroxyl groups is 1. The third kappa shape index (κ3) is 4.12. The van der Waals surface area contributed by atoms with Gasteiger partial charge in [-0.3, -0.25) is 14.4 Å². The number of rotatable bonds is 6. The fraction of sp³-hybridized carbons (Fsp3) is 0.387. The van der Waals surface area contributed by atoms with Gasteiger partial charge in [-0.05, 0) is 24.1 Å². The summed E-state index contributed by atoms with van der Waals surface area (Å²) >= 11 is 1.57. The van der Waals surface area contributed by atoms with Crippen molar-refractivity contribution in [2.24, 2.45) is 11.8 Å². The predicted octanol–water partition coefficient (Wildman–Crippen LogP) is 3.26. The van der Waals surface area contributed by atoms with Crippen molar-refractivity contribution in [2.45, 2.75) is 42.0 Å². The molecule has 8 heteroatoms. The minimum atomic E-state index is -0.892. The van der Waals surface area contributed by atoms with Crippen molar-refractivity contribution in [3.63, 3.8) is 0 Å². The van der Waals surface area contributed by atoms with E-state index in [1.807, 2.05) is 91.9 Å². The first-order valence-electron chi connectivity index (χ1n) is 13.6. The summed E-state index contributed by atoms with van der Waals surface area (Å²) in [6.45, 7) is 2.97. The lowest BCUT2D eigenvalue weighted by atomic mass is 9.78. The Kier molecular flexibility index (Phi) is 6.85. The molecule has 0 bridgehead atoms. The van der Waals surface area contributed by atoms with Crippen LogP contribution in [0.2, 0.25) is 0 Å². The van der Waals surface area contributed by atoms with Gasteiger partial charge in [0.05, 0.1) is 29.2 Å². The molecular weight excluding hydrogens is 510 g/mol. The van der Waals surface area contributed by atoms with E-state index in [2.05, 4.69) is 0 Å². The average Bonchev–Trinajstić information content (AvgIpc) is 3.28. The smallest absolute Gasteiger partial charge is 0.247 e. The molecule has 7 nitrogen and oxygen atoms in total. The zero-order chi connectivity index (χ0) is 27.1.